The highest BCUT2D eigenvalue weighted by Crippen LogP contribution is 2.23. The molecule has 1 aromatic carbocycles. The number of hydrogen-bond donors (Lipinski definition) is 3. The van der Waals surface area contributed by atoms with Crippen LogP contribution in [-0.2, 0) is 4.74 Å². The van der Waals surface area contributed by atoms with E-state index in [-0.39, 0.29) is 30.5 Å². The molecule has 0 saturated heterocycles. The summed E-state index contributed by atoms with van der Waals surface area (Å²) in [4.78, 5) is 4.36. The first-order valence-electron chi connectivity index (χ1n) is 7.22. The largest absolute Gasteiger partial charge is 0.386 e. The van der Waals surface area contributed by atoms with Gasteiger partial charge in [-0.25, -0.2) is 0 Å². The smallest absolute Gasteiger partial charge is 0.191 e. The second kappa shape index (κ2) is 13.1. The monoisotopic (exact) mass is 475 g/mol. The average Bonchev–Trinajstić information content (AvgIpc) is 2.47. The minimum absolute atomic E-state index is 0. The lowest BCUT2D eigenvalue weighted by atomic mass is 10.1. The zero-order valence-electron chi connectivity index (χ0n) is 13.3. The molecule has 132 valence electrons. The van der Waals surface area contributed by atoms with E-state index in [1.165, 1.54) is 0 Å². The molecule has 0 spiro atoms. The fourth-order valence-electron chi connectivity index (χ4n) is 1.82. The van der Waals surface area contributed by atoms with Crippen LogP contribution >= 0.6 is 47.2 Å². The van der Waals surface area contributed by atoms with E-state index < -0.39 is 6.10 Å². The summed E-state index contributed by atoms with van der Waals surface area (Å²) in [5.41, 5.74) is 0.650. The SMILES string of the molecule is CCNC(=NCC(O)c1cc(Cl)cc(Cl)c1)NCCCOC.I. The molecular weight excluding hydrogens is 452 g/mol. The van der Waals surface area contributed by atoms with Gasteiger partial charge in [0.05, 0.1) is 12.6 Å². The van der Waals surface area contributed by atoms with E-state index in [9.17, 15) is 5.11 Å². The highest BCUT2D eigenvalue weighted by atomic mass is 127. The van der Waals surface area contributed by atoms with Crippen molar-refractivity contribution in [3.8, 4) is 0 Å². The first-order valence-corrected chi connectivity index (χ1v) is 7.97. The summed E-state index contributed by atoms with van der Waals surface area (Å²) in [7, 11) is 1.67. The molecule has 0 aromatic heterocycles. The zero-order chi connectivity index (χ0) is 16.4. The van der Waals surface area contributed by atoms with Crippen LogP contribution in [0.15, 0.2) is 23.2 Å². The second-order valence-corrected chi connectivity index (χ2v) is 5.58. The summed E-state index contributed by atoms with van der Waals surface area (Å²) in [6, 6.07) is 5.00. The predicted molar refractivity (Wildman–Crippen MR) is 107 cm³/mol. The maximum absolute atomic E-state index is 10.2. The van der Waals surface area contributed by atoms with Crippen molar-refractivity contribution in [1.29, 1.82) is 0 Å². The normalized spacial score (nSPS) is 12.5. The molecule has 0 radical (unpaired) electrons. The van der Waals surface area contributed by atoms with Crippen molar-refractivity contribution in [1.82, 2.24) is 10.6 Å². The van der Waals surface area contributed by atoms with E-state index >= 15 is 0 Å². The summed E-state index contributed by atoms with van der Waals surface area (Å²) in [5, 5.41) is 17.5. The van der Waals surface area contributed by atoms with Gasteiger partial charge < -0.3 is 20.5 Å². The maximum atomic E-state index is 10.2. The Bertz CT molecular complexity index is 470. The van der Waals surface area contributed by atoms with Crippen LogP contribution < -0.4 is 10.6 Å². The highest BCUT2D eigenvalue weighted by molar-refractivity contribution is 14.0. The fourth-order valence-corrected chi connectivity index (χ4v) is 2.36. The Hall–Kier alpha value is -0.280. The number of nitrogens with one attached hydrogen (secondary N) is 2. The molecule has 0 heterocycles. The molecule has 0 saturated carbocycles. The van der Waals surface area contributed by atoms with Crippen molar-refractivity contribution in [3.63, 3.8) is 0 Å². The maximum Gasteiger partial charge on any atom is 0.191 e. The predicted octanol–water partition coefficient (Wildman–Crippen LogP) is 3.24. The molecule has 1 atom stereocenters. The fraction of sp³-hybridized carbons (Fsp3) is 0.533. The molecule has 0 fully saturated rings. The summed E-state index contributed by atoms with van der Waals surface area (Å²) in [6.07, 6.45) is 0.124. The number of methoxy groups -OCH3 is 1. The van der Waals surface area contributed by atoms with Crippen molar-refractivity contribution in [3.05, 3.63) is 33.8 Å². The Morgan fingerprint density at radius 2 is 1.91 bits per heavy atom. The quantitative estimate of drug-likeness (QED) is 0.234. The van der Waals surface area contributed by atoms with E-state index in [1.54, 1.807) is 25.3 Å². The van der Waals surface area contributed by atoms with Gasteiger partial charge in [-0.3, -0.25) is 4.99 Å². The van der Waals surface area contributed by atoms with Gasteiger partial charge in [-0.15, -0.1) is 24.0 Å². The van der Waals surface area contributed by atoms with Gasteiger partial charge in [0.15, 0.2) is 5.96 Å². The molecule has 1 rings (SSSR count). The number of benzene rings is 1. The van der Waals surface area contributed by atoms with E-state index in [1.807, 2.05) is 6.92 Å². The number of nitrogens with zero attached hydrogens (tertiary/aromatic N) is 1. The number of rotatable bonds is 8. The van der Waals surface area contributed by atoms with Crippen LogP contribution in [-0.4, -0.2) is 44.4 Å². The molecule has 5 nitrogen and oxygen atoms in total. The molecule has 23 heavy (non-hydrogen) atoms. The zero-order valence-corrected chi connectivity index (χ0v) is 17.2. The van der Waals surface area contributed by atoms with Gasteiger partial charge in [-0.1, -0.05) is 23.2 Å². The Morgan fingerprint density at radius 1 is 1.26 bits per heavy atom. The van der Waals surface area contributed by atoms with Crippen molar-refractivity contribution in [2.75, 3.05) is 33.4 Å². The first-order chi connectivity index (χ1) is 10.6. The van der Waals surface area contributed by atoms with Crippen LogP contribution in [0.3, 0.4) is 0 Å². The van der Waals surface area contributed by atoms with Gasteiger partial charge in [0.1, 0.15) is 0 Å². The van der Waals surface area contributed by atoms with Crippen LogP contribution in [0.2, 0.25) is 10.0 Å². The number of aliphatic imine (C=N–C) groups is 1. The molecule has 3 N–H and O–H groups in total. The number of hydrogen-bond acceptors (Lipinski definition) is 3. The molecule has 0 amide bonds. The Kier molecular flexibility index (Phi) is 12.9. The number of halogens is 3. The van der Waals surface area contributed by atoms with Crippen molar-refractivity contribution in [2.45, 2.75) is 19.4 Å². The summed E-state index contributed by atoms with van der Waals surface area (Å²) >= 11 is 11.9. The highest BCUT2D eigenvalue weighted by Gasteiger charge is 2.09. The number of guanidine groups is 1. The molecule has 8 heteroatoms. The second-order valence-electron chi connectivity index (χ2n) is 4.71. The first kappa shape index (κ1) is 22.7. The van der Waals surface area contributed by atoms with Crippen LogP contribution in [0, 0.1) is 0 Å². The Balaban J connectivity index is 0.00000484. The lowest BCUT2D eigenvalue weighted by molar-refractivity contribution is 0.187. The van der Waals surface area contributed by atoms with Crippen LogP contribution in [0.25, 0.3) is 0 Å². The Morgan fingerprint density at radius 3 is 2.48 bits per heavy atom. The molecular formula is C15H24Cl2IN3O2. The lowest BCUT2D eigenvalue weighted by Gasteiger charge is -2.13. The summed E-state index contributed by atoms with van der Waals surface area (Å²) in [5.74, 6) is 0.658. The topological polar surface area (TPSA) is 65.9 Å². The van der Waals surface area contributed by atoms with Crippen molar-refractivity contribution >= 4 is 53.1 Å². The van der Waals surface area contributed by atoms with E-state index in [2.05, 4.69) is 15.6 Å². The van der Waals surface area contributed by atoms with Gasteiger partial charge in [-0.2, -0.15) is 0 Å². The lowest BCUT2D eigenvalue weighted by Crippen LogP contribution is -2.38. The van der Waals surface area contributed by atoms with Gasteiger partial charge >= 0.3 is 0 Å². The number of ether oxygens (including phenoxy) is 1. The van der Waals surface area contributed by atoms with E-state index in [4.69, 9.17) is 27.9 Å². The molecule has 0 bridgehead atoms. The van der Waals surface area contributed by atoms with Crippen LogP contribution in [0.4, 0.5) is 0 Å². The van der Waals surface area contributed by atoms with Gasteiger partial charge in [0.2, 0.25) is 0 Å². The van der Waals surface area contributed by atoms with Gasteiger partial charge in [-0.05, 0) is 37.1 Å². The van der Waals surface area contributed by atoms with Gasteiger partial charge in [0, 0.05) is 36.9 Å². The number of aliphatic hydroxyl groups excluding tert-OH is 1. The molecule has 0 aliphatic heterocycles. The standard InChI is InChI=1S/C15H23Cl2N3O2.HI/c1-3-18-15(19-5-4-6-22-2)20-10-14(21)11-7-12(16)9-13(17)8-11;/h7-9,14,21H,3-6,10H2,1-2H3,(H2,18,19,20);1H. The minimum Gasteiger partial charge on any atom is -0.386 e. The third-order valence-corrected chi connectivity index (χ3v) is 3.29. The molecule has 1 aromatic rings. The van der Waals surface area contributed by atoms with Crippen LogP contribution in [0.1, 0.15) is 25.0 Å². The van der Waals surface area contributed by atoms with Crippen molar-refractivity contribution in [2.24, 2.45) is 4.99 Å². The molecule has 1 unspecified atom stereocenters. The molecule has 0 aliphatic rings. The average molecular weight is 476 g/mol. The summed E-state index contributed by atoms with van der Waals surface area (Å²) < 4.78 is 5.00. The van der Waals surface area contributed by atoms with Crippen LogP contribution in [0.5, 0.6) is 0 Å². The van der Waals surface area contributed by atoms with E-state index in [0.717, 1.165) is 19.5 Å². The third kappa shape index (κ3) is 9.56. The Labute approximate surface area is 164 Å². The molecule has 0 aliphatic carbocycles. The van der Waals surface area contributed by atoms with Gasteiger partial charge in [0.25, 0.3) is 0 Å². The van der Waals surface area contributed by atoms with Crippen molar-refractivity contribution < 1.29 is 9.84 Å². The number of aliphatic hydroxyl groups is 1. The third-order valence-electron chi connectivity index (χ3n) is 2.85. The summed E-state index contributed by atoms with van der Waals surface area (Å²) in [6.45, 7) is 4.39. The van der Waals surface area contributed by atoms with E-state index in [0.29, 0.717) is 28.2 Å². The minimum atomic E-state index is -0.759.